The molecule has 0 bridgehead atoms. The van der Waals surface area contributed by atoms with Crippen molar-refractivity contribution in [1.82, 2.24) is 10.2 Å². The first-order valence-electron chi connectivity index (χ1n) is 6.81. The molecule has 1 aromatic heterocycles. The minimum atomic E-state index is -0.333. The van der Waals surface area contributed by atoms with E-state index < -0.39 is 0 Å². The van der Waals surface area contributed by atoms with Crippen molar-refractivity contribution in [3.05, 3.63) is 52.5 Å². The number of phenolic OH excluding ortho intramolecular Hbond substituents is 2. The second kappa shape index (κ2) is 7.06. The molecule has 0 radical (unpaired) electrons. The van der Waals surface area contributed by atoms with Gasteiger partial charge in [-0.3, -0.25) is 4.79 Å². The lowest BCUT2D eigenvalue weighted by Crippen LogP contribution is -2.01. The molecule has 122 valence electrons. The van der Waals surface area contributed by atoms with Crippen LogP contribution in [-0.4, -0.2) is 31.9 Å². The number of benzene rings is 2. The fourth-order valence-electron chi connectivity index (χ4n) is 1.92. The fourth-order valence-corrected chi connectivity index (χ4v) is 3.03. The standard InChI is InChI=1S/C16H11BrN2O4S/c17-11-4-2-1-3-10(11)15-18-19-16(23-15)24-8-14(22)9-5-6-12(20)13(21)7-9/h1-7,20-21H,8H2. The van der Waals surface area contributed by atoms with Gasteiger partial charge in [0.1, 0.15) is 0 Å². The maximum atomic E-state index is 12.1. The Balaban J connectivity index is 1.68. The van der Waals surface area contributed by atoms with Crippen molar-refractivity contribution in [2.45, 2.75) is 5.22 Å². The Morgan fingerprint density at radius 3 is 2.67 bits per heavy atom. The number of hydrogen-bond acceptors (Lipinski definition) is 7. The topological polar surface area (TPSA) is 96.5 Å². The summed E-state index contributed by atoms with van der Waals surface area (Å²) in [5, 5.41) is 26.9. The van der Waals surface area contributed by atoms with E-state index in [2.05, 4.69) is 26.1 Å². The molecule has 24 heavy (non-hydrogen) atoms. The molecule has 3 aromatic rings. The lowest BCUT2D eigenvalue weighted by Gasteiger charge is -2.01. The van der Waals surface area contributed by atoms with Gasteiger partial charge in [0.15, 0.2) is 17.3 Å². The number of carbonyl (C=O) groups is 1. The van der Waals surface area contributed by atoms with Crippen LogP contribution in [0.15, 0.2) is 56.6 Å². The summed E-state index contributed by atoms with van der Waals surface area (Å²) in [6, 6.07) is 11.4. The number of nitrogens with zero attached hydrogens (tertiary/aromatic N) is 2. The smallest absolute Gasteiger partial charge is 0.277 e. The normalized spacial score (nSPS) is 10.7. The van der Waals surface area contributed by atoms with Crippen molar-refractivity contribution in [2.75, 3.05) is 5.75 Å². The van der Waals surface area contributed by atoms with Gasteiger partial charge in [-0.05, 0) is 46.3 Å². The molecule has 0 saturated carbocycles. The molecule has 2 aromatic carbocycles. The van der Waals surface area contributed by atoms with E-state index in [1.807, 2.05) is 24.3 Å². The van der Waals surface area contributed by atoms with Crippen LogP contribution in [0.4, 0.5) is 0 Å². The summed E-state index contributed by atoms with van der Waals surface area (Å²) in [6.07, 6.45) is 0. The highest BCUT2D eigenvalue weighted by molar-refractivity contribution is 9.10. The molecule has 2 N–H and O–H groups in total. The number of Topliss-reactive ketones (excluding diaryl/α,β-unsaturated/α-hetero) is 1. The van der Waals surface area contributed by atoms with Gasteiger partial charge in [0.25, 0.3) is 5.22 Å². The van der Waals surface area contributed by atoms with E-state index in [-0.39, 0.29) is 28.3 Å². The Morgan fingerprint density at radius 2 is 1.92 bits per heavy atom. The Morgan fingerprint density at radius 1 is 1.12 bits per heavy atom. The molecule has 0 aliphatic rings. The second-order valence-electron chi connectivity index (χ2n) is 4.77. The zero-order valence-electron chi connectivity index (χ0n) is 12.1. The number of hydrogen-bond donors (Lipinski definition) is 2. The highest BCUT2D eigenvalue weighted by Crippen LogP contribution is 2.30. The van der Waals surface area contributed by atoms with Gasteiger partial charge in [-0.25, -0.2) is 0 Å². The minimum Gasteiger partial charge on any atom is -0.504 e. The van der Waals surface area contributed by atoms with Crippen LogP contribution >= 0.6 is 27.7 Å². The average Bonchev–Trinajstić information content (AvgIpc) is 3.04. The zero-order valence-corrected chi connectivity index (χ0v) is 14.5. The lowest BCUT2D eigenvalue weighted by molar-refractivity contribution is 0.102. The number of ketones is 1. The van der Waals surface area contributed by atoms with Crippen LogP contribution in [-0.2, 0) is 0 Å². The molecule has 1 heterocycles. The lowest BCUT2D eigenvalue weighted by atomic mass is 10.1. The molecule has 6 nitrogen and oxygen atoms in total. The maximum absolute atomic E-state index is 12.1. The van der Waals surface area contributed by atoms with Gasteiger partial charge < -0.3 is 14.6 Å². The molecule has 0 saturated heterocycles. The van der Waals surface area contributed by atoms with Gasteiger partial charge in [0.05, 0.1) is 11.3 Å². The Hall–Kier alpha value is -2.32. The molecular formula is C16H11BrN2O4S. The molecule has 0 aliphatic carbocycles. The van der Waals surface area contributed by atoms with Gasteiger partial charge in [0, 0.05) is 10.0 Å². The predicted octanol–water partition coefficient (Wildman–Crippen LogP) is 3.89. The Bertz CT molecular complexity index is 897. The third kappa shape index (κ3) is 3.60. The molecule has 0 atom stereocenters. The third-order valence-electron chi connectivity index (χ3n) is 3.13. The van der Waals surface area contributed by atoms with Crippen LogP contribution < -0.4 is 0 Å². The van der Waals surface area contributed by atoms with E-state index >= 15 is 0 Å². The van der Waals surface area contributed by atoms with Crippen LogP contribution in [0.25, 0.3) is 11.5 Å². The number of aromatic nitrogens is 2. The molecule has 8 heteroatoms. The second-order valence-corrected chi connectivity index (χ2v) is 6.55. The Labute approximate surface area is 149 Å². The summed E-state index contributed by atoms with van der Waals surface area (Å²) in [6.45, 7) is 0. The van der Waals surface area contributed by atoms with E-state index in [0.29, 0.717) is 11.5 Å². The summed E-state index contributed by atoms with van der Waals surface area (Å²) in [5.41, 5.74) is 1.06. The molecule has 0 unspecified atom stereocenters. The van der Waals surface area contributed by atoms with E-state index in [0.717, 1.165) is 21.8 Å². The number of halogens is 1. The number of aromatic hydroxyl groups is 2. The quantitative estimate of drug-likeness (QED) is 0.376. The fraction of sp³-hybridized carbons (Fsp3) is 0.0625. The number of thioether (sulfide) groups is 1. The molecule has 0 spiro atoms. The summed E-state index contributed by atoms with van der Waals surface area (Å²) < 4.78 is 6.38. The van der Waals surface area contributed by atoms with Gasteiger partial charge in [-0.1, -0.05) is 23.9 Å². The van der Waals surface area contributed by atoms with Crippen molar-refractivity contribution in [1.29, 1.82) is 0 Å². The van der Waals surface area contributed by atoms with E-state index in [4.69, 9.17) is 4.42 Å². The van der Waals surface area contributed by atoms with Crippen LogP contribution in [0.3, 0.4) is 0 Å². The van der Waals surface area contributed by atoms with Gasteiger partial charge in [0.2, 0.25) is 5.89 Å². The first-order chi connectivity index (χ1) is 11.5. The third-order valence-corrected chi connectivity index (χ3v) is 4.64. The summed E-state index contributed by atoms with van der Waals surface area (Å²) in [7, 11) is 0. The van der Waals surface area contributed by atoms with Crippen molar-refractivity contribution in [2.24, 2.45) is 0 Å². The van der Waals surface area contributed by atoms with E-state index in [1.54, 1.807) is 0 Å². The SMILES string of the molecule is O=C(CSc1nnc(-c2ccccc2Br)o1)c1ccc(O)c(O)c1. The van der Waals surface area contributed by atoms with Crippen molar-refractivity contribution in [3.8, 4) is 23.0 Å². The highest BCUT2D eigenvalue weighted by atomic mass is 79.9. The van der Waals surface area contributed by atoms with E-state index in [9.17, 15) is 15.0 Å². The van der Waals surface area contributed by atoms with Crippen LogP contribution in [0.2, 0.25) is 0 Å². The highest BCUT2D eigenvalue weighted by Gasteiger charge is 2.14. The first-order valence-corrected chi connectivity index (χ1v) is 8.59. The van der Waals surface area contributed by atoms with Crippen LogP contribution in [0.1, 0.15) is 10.4 Å². The van der Waals surface area contributed by atoms with Crippen LogP contribution in [0.5, 0.6) is 11.5 Å². The maximum Gasteiger partial charge on any atom is 0.277 e. The summed E-state index contributed by atoms with van der Waals surface area (Å²) in [5.74, 6) is -0.397. The van der Waals surface area contributed by atoms with Gasteiger partial charge in [-0.15, -0.1) is 10.2 Å². The number of phenols is 2. The molecular weight excluding hydrogens is 396 g/mol. The minimum absolute atomic E-state index is 0.0712. The van der Waals surface area contributed by atoms with Crippen molar-refractivity contribution in [3.63, 3.8) is 0 Å². The van der Waals surface area contributed by atoms with Crippen molar-refractivity contribution >= 4 is 33.5 Å². The van der Waals surface area contributed by atoms with Gasteiger partial charge >= 0.3 is 0 Å². The average molecular weight is 407 g/mol. The summed E-state index contributed by atoms with van der Waals surface area (Å²) in [4.78, 5) is 12.1. The van der Waals surface area contributed by atoms with E-state index in [1.165, 1.54) is 18.2 Å². The summed E-state index contributed by atoms with van der Waals surface area (Å²) >= 11 is 4.52. The predicted molar refractivity (Wildman–Crippen MR) is 92.3 cm³/mol. The Kier molecular flexibility index (Phi) is 4.86. The number of carbonyl (C=O) groups excluding carboxylic acids is 1. The van der Waals surface area contributed by atoms with Crippen LogP contribution in [0, 0.1) is 0 Å². The first kappa shape index (κ1) is 16.5. The largest absolute Gasteiger partial charge is 0.504 e. The zero-order chi connectivity index (χ0) is 17.1. The molecule has 0 fully saturated rings. The molecule has 3 rings (SSSR count). The van der Waals surface area contributed by atoms with Gasteiger partial charge in [-0.2, -0.15) is 0 Å². The number of rotatable bonds is 5. The molecule has 0 amide bonds. The molecule has 0 aliphatic heterocycles. The monoisotopic (exact) mass is 406 g/mol. The van der Waals surface area contributed by atoms with Crippen molar-refractivity contribution < 1.29 is 19.4 Å².